The summed E-state index contributed by atoms with van der Waals surface area (Å²) < 4.78 is 33.7. The van der Waals surface area contributed by atoms with E-state index >= 15 is 0 Å². The molecule has 0 aliphatic heterocycles. The number of nitrogens with one attached hydrogen (secondary N) is 1. The summed E-state index contributed by atoms with van der Waals surface area (Å²) >= 11 is 0. The van der Waals surface area contributed by atoms with Crippen molar-refractivity contribution in [1.29, 1.82) is 0 Å². The first-order valence-corrected chi connectivity index (χ1v) is 15.2. The fourth-order valence-electron chi connectivity index (χ4n) is 3.51. The third-order valence-electron chi connectivity index (χ3n) is 6.65. The first-order valence-electron chi connectivity index (χ1n) is 15.2. The van der Waals surface area contributed by atoms with Gasteiger partial charge < -0.3 is 50.2 Å². The van der Waals surface area contributed by atoms with Gasteiger partial charge in [0.25, 0.3) is 0 Å². The summed E-state index contributed by atoms with van der Waals surface area (Å²) in [7, 11) is 3.49. The normalized spacial score (nSPS) is 10.7. The Bertz CT molecular complexity index is 587. The standard InChI is InChI=1S/C17H31NO6.C14H30O3.CH4.3H2O/c1-14(19)5-8-22-11-17(18-4,12-23-9-6-15(2)20)13-24-10-7-16(3)21;1-6-12(7-2)16-10-14(15-5)11-17-13(8-3)9-4;;;;/h18H,5-13H2,1-4H3;12-14H,6-11H2,1-5H3;1H4;3*1H2. The fourth-order valence-corrected chi connectivity index (χ4v) is 3.51. The molecule has 13 heteroatoms. The Balaban J connectivity index is -0.000000162. The molecule has 0 amide bonds. The van der Waals surface area contributed by atoms with E-state index in [4.69, 9.17) is 28.4 Å². The summed E-state index contributed by atoms with van der Waals surface area (Å²) in [6.07, 6.45) is 6.04. The monoisotopic (exact) mass is 661 g/mol. The van der Waals surface area contributed by atoms with E-state index in [0.717, 1.165) is 25.7 Å². The van der Waals surface area contributed by atoms with Crippen LogP contribution in [0.25, 0.3) is 0 Å². The molecule has 0 bridgehead atoms. The van der Waals surface area contributed by atoms with Gasteiger partial charge in [-0.05, 0) is 53.5 Å². The zero-order valence-electron chi connectivity index (χ0n) is 29.0. The van der Waals surface area contributed by atoms with Crippen molar-refractivity contribution in [3.05, 3.63) is 0 Å². The summed E-state index contributed by atoms with van der Waals surface area (Å²) in [5.74, 6) is 0.210. The van der Waals surface area contributed by atoms with Crippen LogP contribution in [0.2, 0.25) is 0 Å². The van der Waals surface area contributed by atoms with Crippen molar-refractivity contribution in [3.8, 4) is 0 Å². The number of ether oxygens (including phenoxy) is 6. The van der Waals surface area contributed by atoms with Gasteiger partial charge in [0.05, 0.1) is 70.6 Å². The first kappa shape index (κ1) is 56.0. The van der Waals surface area contributed by atoms with E-state index in [-0.39, 0.29) is 47.3 Å². The summed E-state index contributed by atoms with van der Waals surface area (Å²) in [6.45, 7) is 16.3. The highest BCUT2D eigenvalue weighted by molar-refractivity contribution is 5.76. The minimum absolute atomic E-state index is 0. The van der Waals surface area contributed by atoms with Gasteiger partial charge in [-0.1, -0.05) is 35.1 Å². The third-order valence-corrected chi connectivity index (χ3v) is 6.65. The number of carbonyl (C=O) groups is 3. The Morgan fingerprint density at radius 2 is 0.889 bits per heavy atom. The number of ketones is 3. The molecule has 0 aromatic carbocycles. The van der Waals surface area contributed by atoms with Crippen LogP contribution in [-0.4, -0.2) is 125 Å². The molecule has 0 aliphatic rings. The molecular weight excluding hydrogens is 590 g/mol. The van der Waals surface area contributed by atoms with E-state index < -0.39 is 5.54 Å². The van der Waals surface area contributed by atoms with Gasteiger partial charge in [-0.25, -0.2) is 0 Å². The van der Waals surface area contributed by atoms with Crippen LogP contribution in [0.15, 0.2) is 0 Å². The molecule has 276 valence electrons. The van der Waals surface area contributed by atoms with Crippen molar-refractivity contribution in [1.82, 2.24) is 5.32 Å². The number of Topliss-reactive ketones (excluding diaryl/α,β-unsaturated/α-hetero) is 3. The second-order valence-electron chi connectivity index (χ2n) is 10.4. The summed E-state index contributed by atoms with van der Waals surface area (Å²) in [5, 5.41) is 3.15. The summed E-state index contributed by atoms with van der Waals surface area (Å²) in [4.78, 5) is 32.9. The summed E-state index contributed by atoms with van der Waals surface area (Å²) in [5.41, 5.74) is -0.593. The van der Waals surface area contributed by atoms with Gasteiger partial charge in [-0.2, -0.15) is 0 Å². The SMILES string of the molecule is C.CCC(CC)OCC(COC(CC)CC)OC.CNC(COCCC(C)=O)(COCCC(C)=O)COCCC(C)=O.O.O.O. The lowest BCUT2D eigenvalue weighted by atomic mass is 10.0. The highest BCUT2D eigenvalue weighted by Crippen LogP contribution is 2.10. The maximum absolute atomic E-state index is 11.0. The zero-order valence-corrected chi connectivity index (χ0v) is 29.0. The van der Waals surface area contributed by atoms with Crippen LogP contribution in [-0.2, 0) is 42.8 Å². The minimum atomic E-state index is -0.593. The highest BCUT2D eigenvalue weighted by atomic mass is 16.6. The van der Waals surface area contributed by atoms with E-state index in [1.54, 1.807) is 14.2 Å². The molecule has 0 unspecified atom stereocenters. The molecule has 0 rings (SSSR count). The Morgan fingerprint density at radius 1 is 0.600 bits per heavy atom. The van der Waals surface area contributed by atoms with Crippen LogP contribution in [0.3, 0.4) is 0 Å². The maximum Gasteiger partial charge on any atom is 0.132 e. The van der Waals surface area contributed by atoms with E-state index in [0.29, 0.717) is 84.3 Å². The fraction of sp³-hybridized carbons (Fsp3) is 0.906. The molecule has 0 atom stereocenters. The molecule has 0 aliphatic carbocycles. The first-order chi connectivity index (χ1) is 19.5. The molecule has 45 heavy (non-hydrogen) atoms. The molecule has 7 N–H and O–H groups in total. The third kappa shape index (κ3) is 33.8. The number of rotatable bonds is 27. The predicted octanol–water partition coefficient (Wildman–Crippen LogP) is 2.51. The van der Waals surface area contributed by atoms with Crippen LogP contribution in [0.1, 0.15) is 101 Å². The van der Waals surface area contributed by atoms with Crippen LogP contribution in [0.5, 0.6) is 0 Å². The second-order valence-corrected chi connectivity index (χ2v) is 10.4. The molecule has 0 spiro atoms. The Labute approximate surface area is 273 Å². The van der Waals surface area contributed by atoms with Crippen LogP contribution >= 0.6 is 0 Å². The van der Waals surface area contributed by atoms with Crippen molar-refractivity contribution in [2.24, 2.45) is 0 Å². The van der Waals surface area contributed by atoms with Gasteiger partial charge in [0.2, 0.25) is 0 Å². The van der Waals surface area contributed by atoms with Gasteiger partial charge >= 0.3 is 0 Å². The molecule has 13 nitrogen and oxygen atoms in total. The van der Waals surface area contributed by atoms with Gasteiger partial charge in [0, 0.05) is 26.4 Å². The number of carbonyl (C=O) groups excluding carboxylic acids is 3. The molecule has 0 aromatic heterocycles. The van der Waals surface area contributed by atoms with Crippen LogP contribution in [0, 0.1) is 0 Å². The van der Waals surface area contributed by atoms with Gasteiger partial charge in [-0.3, -0.25) is 14.4 Å². The quantitative estimate of drug-likeness (QED) is 0.127. The average Bonchev–Trinajstić information content (AvgIpc) is 2.95. The second kappa shape index (κ2) is 37.1. The van der Waals surface area contributed by atoms with E-state index in [1.165, 1.54) is 20.8 Å². The number of likely N-dealkylation sites (N-methyl/N-ethyl adjacent to an activating group) is 1. The average molecular weight is 662 g/mol. The molecule has 0 saturated carbocycles. The molecular formula is C32H71NO12. The Morgan fingerprint density at radius 3 is 1.09 bits per heavy atom. The van der Waals surface area contributed by atoms with Crippen molar-refractivity contribution < 1.29 is 59.2 Å². The number of hydrogen-bond acceptors (Lipinski definition) is 10. The summed E-state index contributed by atoms with van der Waals surface area (Å²) in [6, 6.07) is 0. The minimum Gasteiger partial charge on any atom is -0.412 e. The van der Waals surface area contributed by atoms with Gasteiger partial charge in [-0.15, -0.1) is 0 Å². The molecule has 0 fully saturated rings. The number of methoxy groups -OCH3 is 1. The molecule has 0 heterocycles. The Hall–Kier alpha value is -1.39. The molecule has 0 radical (unpaired) electrons. The zero-order chi connectivity index (χ0) is 31.5. The van der Waals surface area contributed by atoms with E-state index in [1.807, 2.05) is 0 Å². The predicted molar refractivity (Wildman–Crippen MR) is 179 cm³/mol. The van der Waals surface area contributed by atoms with Crippen molar-refractivity contribution in [2.45, 2.75) is 125 Å². The smallest absolute Gasteiger partial charge is 0.132 e. The van der Waals surface area contributed by atoms with Crippen LogP contribution in [0.4, 0.5) is 0 Å². The number of hydrogen-bond donors (Lipinski definition) is 1. The Kier molecular flexibility index (Phi) is 46.1. The lowest BCUT2D eigenvalue weighted by molar-refractivity contribution is -0.118. The maximum atomic E-state index is 11.0. The topological polar surface area (TPSA) is 213 Å². The van der Waals surface area contributed by atoms with Gasteiger partial charge in [0.15, 0.2) is 0 Å². The van der Waals surface area contributed by atoms with Crippen molar-refractivity contribution in [2.75, 3.05) is 67.0 Å². The van der Waals surface area contributed by atoms with Crippen LogP contribution < -0.4 is 5.32 Å². The van der Waals surface area contributed by atoms with E-state index in [2.05, 4.69) is 33.0 Å². The highest BCUT2D eigenvalue weighted by Gasteiger charge is 2.30. The largest absolute Gasteiger partial charge is 0.412 e. The molecule has 0 saturated heterocycles. The van der Waals surface area contributed by atoms with Crippen molar-refractivity contribution in [3.63, 3.8) is 0 Å². The lowest BCUT2D eigenvalue weighted by Crippen LogP contribution is -2.55. The van der Waals surface area contributed by atoms with Crippen molar-refractivity contribution >= 4 is 17.3 Å². The molecule has 0 aromatic rings. The lowest BCUT2D eigenvalue weighted by Gasteiger charge is -2.33. The van der Waals surface area contributed by atoms with E-state index in [9.17, 15) is 14.4 Å². The van der Waals surface area contributed by atoms with Gasteiger partial charge in [0.1, 0.15) is 23.5 Å².